The molecule has 0 saturated heterocycles. The summed E-state index contributed by atoms with van der Waals surface area (Å²) < 4.78 is 1.11. The quantitative estimate of drug-likeness (QED) is 0.633. The monoisotopic (exact) mass is 283 g/mol. The van der Waals surface area contributed by atoms with Crippen LogP contribution in [0.3, 0.4) is 0 Å². The Bertz CT molecular complexity index is 671. The largest absolute Gasteiger partial charge is 0.256 e. The Balaban J connectivity index is 2.35. The summed E-state index contributed by atoms with van der Waals surface area (Å²) in [6.07, 6.45) is 1.83. The van der Waals surface area contributed by atoms with Crippen LogP contribution in [0.5, 0.6) is 0 Å². The fourth-order valence-corrected chi connectivity index (χ4v) is 2.52. The van der Waals surface area contributed by atoms with Crippen molar-refractivity contribution in [3.63, 3.8) is 0 Å². The lowest BCUT2D eigenvalue weighted by atomic mass is 10.0. The standard InChI is InChI=1S/C15H10BrN/c16-14-8-2-1-5-12(14)11-6-3-9-15-13(11)7-4-10-17-15/h1-10H. The zero-order chi connectivity index (χ0) is 11.7. The fraction of sp³-hybridized carbons (Fsp3) is 0. The Morgan fingerprint density at radius 1 is 0.765 bits per heavy atom. The molecule has 1 aromatic heterocycles. The normalized spacial score (nSPS) is 10.6. The third-order valence-electron chi connectivity index (χ3n) is 2.81. The number of halogens is 1. The zero-order valence-corrected chi connectivity index (χ0v) is 10.7. The SMILES string of the molecule is Brc1ccccc1-c1cccc2ncccc12. The van der Waals surface area contributed by atoms with Crippen molar-refractivity contribution in [2.75, 3.05) is 0 Å². The minimum Gasteiger partial charge on any atom is -0.256 e. The van der Waals surface area contributed by atoms with E-state index in [-0.39, 0.29) is 0 Å². The molecular weight excluding hydrogens is 274 g/mol. The summed E-state index contributed by atoms with van der Waals surface area (Å²) in [7, 11) is 0. The predicted octanol–water partition coefficient (Wildman–Crippen LogP) is 4.66. The molecule has 3 aromatic rings. The van der Waals surface area contributed by atoms with E-state index < -0.39 is 0 Å². The van der Waals surface area contributed by atoms with E-state index in [4.69, 9.17) is 0 Å². The second kappa shape index (κ2) is 4.30. The number of fused-ring (bicyclic) bond motifs is 1. The molecule has 1 nitrogen and oxygen atoms in total. The molecule has 0 fully saturated rings. The number of aromatic nitrogens is 1. The summed E-state index contributed by atoms with van der Waals surface area (Å²) in [6.45, 7) is 0. The maximum atomic E-state index is 4.38. The summed E-state index contributed by atoms with van der Waals surface area (Å²) in [5.74, 6) is 0. The van der Waals surface area contributed by atoms with Crippen molar-refractivity contribution < 1.29 is 0 Å². The number of rotatable bonds is 1. The first kappa shape index (κ1) is 10.5. The molecule has 2 aromatic carbocycles. The Labute approximate surface area is 108 Å². The molecule has 0 aliphatic carbocycles. The molecule has 1 heterocycles. The highest BCUT2D eigenvalue weighted by atomic mass is 79.9. The van der Waals surface area contributed by atoms with Crippen molar-refractivity contribution in [1.29, 1.82) is 0 Å². The highest BCUT2D eigenvalue weighted by Crippen LogP contribution is 2.32. The van der Waals surface area contributed by atoms with Gasteiger partial charge in [0.05, 0.1) is 5.52 Å². The van der Waals surface area contributed by atoms with Crippen molar-refractivity contribution >= 4 is 26.8 Å². The first-order chi connectivity index (χ1) is 8.36. The molecule has 0 aliphatic heterocycles. The maximum absolute atomic E-state index is 4.38. The molecule has 0 radical (unpaired) electrons. The van der Waals surface area contributed by atoms with Gasteiger partial charge in [-0.2, -0.15) is 0 Å². The van der Waals surface area contributed by atoms with Gasteiger partial charge < -0.3 is 0 Å². The number of hydrogen-bond donors (Lipinski definition) is 0. The highest BCUT2D eigenvalue weighted by molar-refractivity contribution is 9.10. The van der Waals surface area contributed by atoms with Crippen molar-refractivity contribution in [2.24, 2.45) is 0 Å². The van der Waals surface area contributed by atoms with Crippen LogP contribution >= 0.6 is 15.9 Å². The van der Waals surface area contributed by atoms with E-state index in [1.54, 1.807) is 0 Å². The molecular formula is C15H10BrN. The number of hydrogen-bond acceptors (Lipinski definition) is 1. The maximum Gasteiger partial charge on any atom is 0.0708 e. The third-order valence-corrected chi connectivity index (χ3v) is 3.50. The lowest BCUT2D eigenvalue weighted by molar-refractivity contribution is 1.41. The summed E-state index contributed by atoms with van der Waals surface area (Å²) in [5, 5.41) is 1.18. The molecule has 0 unspecified atom stereocenters. The Morgan fingerprint density at radius 3 is 2.47 bits per heavy atom. The van der Waals surface area contributed by atoms with Crippen LogP contribution in [-0.2, 0) is 0 Å². The van der Waals surface area contributed by atoms with Gasteiger partial charge in [0, 0.05) is 16.1 Å². The van der Waals surface area contributed by atoms with E-state index in [1.165, 1.54) is 16.5 Å². The van der Waals surface area contributed by atoms with E-state index in [1.807, 2.05) is 30.5 Å². The molecule has 0 atom stereocenters. The minimum absolute atomic E-state index is 1.03. The van der Waals surface area contributed by atoms with E-state index in [2.05, 4.69) is 51.2 Å². The highest BCUT2D eigenvalue weighted by Gasteiger charge is 2.06. The molecule has 0 aliphatic rings. The predicted molar refractivity (Wildman–Crippen MR) is 74.9 cm³/mol. The van der Waals surface area contributed by atoms with Gasteiger partial charge in [-0.25, -0.2) is 0 Å². The van der Waals surface area contributed by atoms with Crippen LogP contribution in [0.25, 0.3) is 22.0 Å². The summed E-state index contributed by atoms with van der Waals surface area (Å²) in [5.41, 5.74) is 3.44. The molecule has 0 N–H and O–H groups in total. The van der Waals surface area contributed by atoms with Crippen LogP contribution in [0.1, 0.15) is 0 Å². The Morgan fingerprint density at radius 2 is 1.59 bits per heavy atom. The molecule has 0 bridgehead atoms. The second-order valence-corrected chi connectivity index (χ2v) is 4.71. The zero-order valence-electron chi connectivity index (χ0n) is 9.10. The van der Waals surface area contributed by atoms with E-state index >= 15 is 0 Å². The average molecular weight is 284 g/mol. The van der Waals surface area contributed by atoms with Gasteiger partial charge in [-0.1, -0.05) is 52.3 Å². The van der Waals surface area contributed by atoms with Crippen molar-refractivity contribution in [3.8, 4) is 11.1 Å². The first-order valence-corrected chi connectivity index (χ1v) is 6.24. The topological polar surface area (TPSA) is 12.9 Å². The van der Waals surface area contributed by atoms with Gasteiger partial charge in [-0.05, 0) is 29.3 Å². The van der Waals surface area contributed by atoms with Gasteiger partial charge in [0.2, 0.25) is 0 Å². The molecule has 0 saturated carbocycles. The fourth-order valence-electron chi connectivity index (χ4n) is 2.02. The van der Waals surface area contributed by atoms with E-state index in [0.29, 0.717) is 0 Å². The lowest BCUT2D eigenvalue weighted by Crippen LogP contribution is -1.84. The van der Waals surface area contributed by atoms with Crippen LogP contribution in [0.2, 0.25) is 0 Å². The van der Waals surface area contributed by atoms with Gasteiger partial charge in [0.25, 0.3) is 0 Å². The summed E-state index contributed by atoms with van der Waals surface area (Å²) in [4.78, 5) is 4.38. The van der Waals surface area contributed by atoms with Crippen LogP contribution in [0.4, 0.5) is 0 Å². The molecule has 0 spiro atoms. The molecule has 3 rings (SSSR count). The van der Waals surface area contributed by atoms with Gasteiger partial charge in [-0.3, -0.25) is 4.98 Å². The Hall–Kier alpha value is -1.67. The number of pyridine rings is 1. The summed E-state index contributed by atoms with van der Waals surface area (Å²) in [6, 6.07) is 18.5. The van der Waals surface area contributed by atoms with Crippen molar-refractivity contribution in [1.82, 2.24) is 4.98 Å². The van der Waals surface area contributed by atoms with E-state index in [9.17, 15) is 0 Å². The third kappa shape index (κ3) is 1.85. The van der Waals surface area contributed by atoms with E-state index in [0.717, 1.165) is 9.99 Å². The Kier molecular flexibility index (Phi) is 2.65. The minimum atomic E-state index is 1.03. The van der Waals surface area contributed by atoms with Crippen molar-refractivity contribution in [2.45, 2.75) is 0 Å². The van der Waals surface area contributed by atoms with Gasteiger partial charge in [0.15, 0.2) is 0 Å². The average Bonchev–Trinajstić information content (AvgIpc) is 2.39. The summed E-state index contributed by atoms with van der Waals surface area (Å²) >= 11 is 3.60. The van der Waals surface area contributed by atoms with Gasteiger partial charge >= 0.3 is 0 Å². The van der Waals surface area contributed by atoms with Crippen LogP contribution in [-0.4, -0.2) is 4.98 Å². The molecule has 17 heavy (non-hydrogen) atoms. The van der Waals surface area contributed by atoms with Crippen molar-refractivity contribution in [3.05, 3.63) is 65.3 Å². The lowest BCUT2D eigenvalue weighted by Gasteiger charge is -2.07. The van der Waals surface area contributed by atoms with Crippen LogP contribution in [0, 0.1) is 0 Å². The smallest absolute Gasteiger partial charge is 0.0708 e. The van der Waals surface area contributed by atoms with Crippen LogP contribution < -0.4 is 0 Å². The van der Waals surface area contributed by atoms with Gasteiger partial charge in [-0.15, -0.1) is 0 Å². The van der Waals surface area contributed by atoms with Gasteiger partial charge in [0.1, 0.15) is 0 Å². The molecule has 0 amide bonds. The second-order valence-electron chi connectivity index (χ2n) is 3.86. The first-order valence-electron chi connectivity index (χ1n) is 5.45. The molecule has 2 heteroatoms. The van der Waals surface area contributed by atoms with Crippen LogP contribution in [0.15, 0.2) is 65.3 Å². The number of benzene rings is 2. The molecule has 82 valence electrons. The number of nitrogens with zero attached hydrogens (tertiary/aromatic N) is 1.